The van der Waals surface area contributed by atoms with E-state index in [0.717, 1.165) is 6.42 Å². The highest BCUT2D eigenvalue weighted by Gasteiger charge is 2.16. The number of aliphatic imine (C=N–C) groups is 1. The molecule has 0 atom stereocenters. The van der Waals surface area contributed by atoms with Gasteiger partial charge in [-0.15, -0.1) is 30.6 Å². The molecule has 0 amide bonds. The zero-order valence-electron chi connectivity index (χ0n) is 15.1. The minimum Gasteiger partial charge on any atom is -0.382 e. The number of nitrogens with two attached hydrogens (primary N) is 1. The Kier molecular flexibility index (Phi) is 9.29. The van der Waals surface area contributed by atoms with Crippen molar-refractivity contribution >= 4 is 35.8 Å². The maximum Gasteiger partial charge on any atom is 0.191 e. The van der Waals surface area contributed by atoms with Gasteiger partial charge >= 0.3 is 0 Å². The van der Waals surface area contributed by atoms with E-state index in [9.17, 15) is 9.65 Å². The third-order valence-corrected chi connectivity index (χ3v) is 3.70. The number of aryl methyl sites for hydroxylation is 1. The smallest absolute Gasteiger partial charge is 0.191 e. The van der Waals surface area contributed by atoms with Gasteiger partial charge in [-0.25, -0.2) is 9.07 Å². The summed E-state index contributed by atoms with van der Waals surface area (Å²) in [7, 11) is 1.69. The maximum atomic E-state index is 13.1. The van der Waals surface area contributed by atoms with E-state index >= 15 is 0 Å². The monoisotopic (exact) mass is 483 g/mol. The van der Waals surface area contributed by atoms with Crippen LogP contribution in [-0.2, 0) is 6.42 Å². The van der Waals surface area contributed by atoms with Crippen LogP contribution >= 0.6 is 24.0 Å². The van der Waals surface area contributed by atoms with Crippen molar-refractivity contribution in [3.05, 3.63) is 54.0 Å². The van der Waals surface area contributed by atoms with Gasteiger partial charge in [-0.05, 0) is 37.1 Å². The van der Waals surface area contributed by atoms with Crippen molar-refractivity contribution in [2.24, 2.45) is 4.99 Å². The third-order valence-electron chi connectivity index (χ3n) is 3.70. The first-order valence-corrected chi connectivity index (χ1v) is 8.19. The standard InChI is InChI=1S/C18H22FN7.HI/c1-3-10-23-18(22-2)24-11-4-5-16-15(12-20)17(21)26(25-16)14-8-6-13(19)7-9-14;/h3,6-9H,1,4-5,10-11,21H2,2H3,(H2,22,23,24);1H. The van der Waals surface area contributed by atoms with Crippen molar-refractivity contribution in [3.8, 4) is 11.8 Å². The van der Waals surface area contributed by atoms with Gasteiger partial charge in [0.2, 0.25) is 0 Å². The van der Waals surface area contributed by atoms with Crippen LogP contribution in [0.3, 0.4) is 0 Å². The number of guanidine groups is 1. The van der Waals surface area contributed by atoms with Crippen molar-refractivity contribution in [2.75, 3.05) is 25.9 Å². The molecule has 0 unspecified atom stereocenters. The number of anilines is 1. The number of halogens is 2. The molecule has 1 aromatic heterocycles. The number of hydrogen-bond donors (Lipinski definition) is 3. The summed E-state index contributed by atoms with van der Waals surface area (Å²) in [5, 5.41) is 20.1. The normalized spacial score (nSPS) is 10.6. The van der Waals surface area contributed by atoms with E-state index in [0.29, 0.717) is 42.4 Å². The lowest BCUT2D eigenvalue weighted by Crippen LogP contribution is -2.37. The van der Waals surface area contributed by atoms with Crippen LogP contribution in [0.2, 0.25) is 0 Å². The van der Waals surface area contributed by atoms with E-state index in [-0.39, 0.29) is 35.6 Å². The fourth-order valence-electron chi connectivity index (χ4n) is 2.41. The van der Waals surface area contributed by atoms with Gasteiger partial charge in [-0.1, -0.05) is 6.08 Å². The fourth-order valence-corrected chi connectivity index (χ4v) is 2.41. The minimum absolute atomic E-state index is 0. The van der Waals surface area contributed by atoms with Crippen LogP contribution in [0, 0.1) is 17.1 Å². The summed E-state index contributed by atoms with van der Waals surface area (Å²) in [6.45, 7) is 4.92. The molecule has 0 aliphatic heterocycles. The van der Waals surface area contributed by atoms with E-state index < -0.39 is 0 Å². The van der Waals surface area contributed by atoms with Gasteiger partial charge < -0.3 is 16.4 Å². The van der Waals surface area contributed by atoms with Crippen LogP contribution in [0.15, 0.2) is 41.9 Å². The summed E-state index contributed by atoms with van der Waals surface area (Å²) < 4.78 is 14.6. The second kappa shape index (κ2) is 11.2. The van der Waals surface area contributed by atoms with E-state index in [1.54, 1.807) is 25.3 Å². The summed E-state index contributed by atoms with van der Waals surface area (Å²) in [6.07, 6.45) is 3.06. The van der Waals surface area contributed by atoms with Gasteiger partial charge in [0.15, 0.2) is 5.96 Å². The number of nitrogens with zero attached hydrogens (tertiary/aromatic N) is 4. The average molecular weight is 483 g/mol. The Balaban J connectivity index is 0.00000364. The molecule has 0 bridgehead atoms. The zero-order chi connectivity index (χ0) is 18.9. The number of rotatable bonds is 7. The highest BCUT2D eigenvalue weighted by Crippen LogP contribution is 2.21. The van der Waals surface area contributed by atoms with Crippen molar-refractivity contribution in [1.29, 1.82) is 5.26 Å². The molecule has 1 heterocycles. The highest BCUT2D eigenvalue weighted by atomic mass is 127. The SMILES string of the molecule is C=CCNC(=NC)NCCCc1nn(-c2ccc(F)cc2)c(N)c1C#N.I. The summed E-state index contributed by atoms with van der Waals surface area (Å²) >= 11 is 0. The predicted octanol–water partition coefficient (Wildman–Crippen LogP) is 2.37. The molecular weight excluding hydrogens is 460 g/mol. The molecule has 0 radical (unpaired) electrons. The molecule has 1 aromatic carbocycles. The Morgan fingerprint density at radius 1 is 1.41 bits per heavy atom. The summed E-state index contributed by atoms with van der Waals surface area (Å²) in [6, 6.07) is 7.90. The number of hydrogen-bond acceptors (Lipinski definition) is 4. The van der Waals surface area contributed by atoms with Crippen LogP contribution in [-0.4, -0.2) is 35.9 Å². The van der Waals surface area contributed by atoms with Crippen LogP contribution < -0.4 is 16.4 Å². The molecule has 0 aliphatic carbocycles. The number of nitrogen functional groups attached to an aromatic ring is 1. The van der Waals surface area contributed by atoms with Gasteiger partial charge in [0.05, 0.1) is 11.4 Å². The maximum absolute atomic E-state index is 13.1. The first-order chi connectivity index (χ1) is 12.6. The van der Waals surface area contributed by atoms with Crippen molar-refractivity contribution < 1.29 is 4.39 Å². The van der Waals surface area contributed by atoms with Crippen LogP contribution in [0.25, 0.3) is 5.69 Å². The first kappa shape index (κ1) is 22.4. The van der Waals surface area contributed by atoms with Crippen molar-refractivity contribution in [3.63, 3.8) is 0 Å². The molecule has 0 saturated heterocycles. The number of nitriles is 1. The molecule has 4 N–H and O–H groups in total. The molecule has 2 aromatic rings. The summed E-state index contributed by atoms with van der Waals surface area (Å²) in [5.74, 6) is 0.594. The number of aromatic nitrogens is 2. The lowest BCUT2D eigenvalue weighted by Gasteiger charge is -2.09. The molecule has 0 saturated carbocycles. The number of benzene rings is 1. The van der Waals surface area contributed by atoms with Crippen molar-refractivity contribution in [2.45, 2.75) is 12.8 Å². The molecule has 2 rings (SSSR count). The topological polar surface area (TPSA) is 104 Å². The fraction of sp³-hybridized carbons (Fsp3) is 0.278. The summed E-state index contributed by atoms with van der Waals surface area (Å²) in [4.78, 5) is 4.09. The first-order valence-electron chi connectivity index (χ1n) is 8.19. The van der Waals surface area contributed by atoms with Gasteiger partial charge in [-0.3, -0.25) is 4.99 Å². The Morgan fingerprint density at radius 3 is 2.70 bits per heavy atom. The molecule has 0 spiro atoms. The van der Waals surface area contributed by atoms with Gasteiger partial charge in [-0.2, -0.15) is 10.4 Å². The van der Waals surface area contributed by atoms with Gasteiger partial charge in [0.1, 0.15) is 23.3 Å². The Bertz CT molecular complexity index is 821. The van der Waals surface area contributed by atoms with E-state index in [4.69, 9.17) is 5.73 Å². The van der Waals surface area contributed by atoms with E-state index in [1.165, 1.54) is 16.8 Å². The molecular formula is C18H23FIN7. The van der Waals surface area contributed by atoms with E-state index in [2.05, 4.69) is 33.4 Å². The largest absolute Gasteiger partial charge is 0.382 e. The lowest BCUT2D eigenvalue weighted by molar-refractivity contribution is 0.627. The molecule has 27 heavy (non-hydrogen) atoms. The molecule has 7 nitrogen and oxygen atoms in total. The van der Waals surface area contributed by atoms with Crippen LogP contribution in [0.4, 0.5) is 10.2 Å². The second-order valence-electron chi connectivity index (χ2n) is 5.48. The Labute approximate surface area is 175 Å². The number of nitrogens with one attached hydrogen (secondary N) is 2. The molecule has 9 heteroatoms. The molecule has 0 aliphatic rings. The Morgan fingerprint density at radius 2 is 2.11 bits per heavy atom. The average Bonchev–Trinajstić information content (AvgIpc) is 2.97. The molecule has 0 fully saturated rings. The van der Waals surface area contributed by atoms with Crippen molar-refractivity contribution in [1.82, 2.24) is 20.4 Å². The highest BCUT2D eigenvalue weighted by molar-refractivity contribution is 14.0. The quantitative estimate of drug-likeness (QED) is 0.185. The van der Waals surface area contributed by atoms with E-state index in [1.807, 2.05) is 0 Å². The van der Waals surface area contributed by atoms with Crippen LogP contribution in [0.1, 0.15) is 17.7 Å². The Hall–Kier alpha value is -2.61. The predicted molar refractivity (Wildman–Crippen MR) is 116 cm³/mol. The van der Waals surface area contributed by atoms with Crippen LogP contribution in [0.5, 0.6) is 0 Å². The third kappa shape index (κ3) is 5.96. The minimum atomic E-state index is -0.343. The lowest BCUT2D eigenvalue weighted by atomic mass is 10.1. The summed E-state index contributed by atoms with van der Waals surface area (Å²) in [5.41, 5.74) is 7.62. The molecule has 144 valence electrons. The van der Waals surface area contributed by atoms with Gasteiger partial charge in [0, 0.05) is 20.1 Å². The van der Waals surface area contributed by atoms with Gasteiger partial charge in [0.25, 0.3) is 0 Å². The zero-order valence-corrected chi connectivity index (χ0v) is 17.4. The second-order valence-corrected chi connectivity index (χ2v) is 5.48.